The van der Waals surface area contributed by atoms with Crippen LogP contribution in [-0.4, -0.2) is 28.9 Å². The number of carbonyl (C=O) groups is 1. The van der Waals surface area contributed by atoms with Gasteiger partial charge < -0.3 is 10.1 Å². The predicted molar refractivity (Wildman–Crippen MR) is 72.5 cm³/mol. The average molecular weight is 316 g/mol. The Hall–Kier alpha value is -1.04. The Morgan fingerprint density at radius 2 is 2.39 bits per heavy atom. The van der Waals surface area contributed by atoms with Crippen molar-refractivity contribution in [1.82, 2.24) is 9.78 Å². The van der Waals surface area contributed by atoms with Crippen molar-refractivity contribution in [3.8, 4) is 0 Å². The van der Waals surface area contributed by atoms with Crippen LogP contribution in [0.25, 0.3) is 0 Å². The van der Waals surface area contributed by atoms with E-state index in [1.54, 1.807) is 0 Å². The van der Waals surface area contributed by atoms with Crippen molar-refractivity contribution in [2.75, 3.05) is 18.5 Å². The number of halogens is 1. The molecule has 0 saturated carbocycles. The number of aromatic nitrogens is 2. The van der Waals surface area contributed by atoms with E-state index in [0.29, 0.717) is 19.7 Å². The second-order valence-electron chi connectivity index (χ2n) is 4.37. The number of carbonyl (C=O) groups excluding carboxylic acids is 1. The number of ether oxygens (including phenoxy) is 1. The van der Waals surface area contributed by atoms with Gasteiger partial charge in [-0.1, -0.05) is 13.3 Å². The zero-order valence-corrected chi connectivity index (χ0v) is 12.3. The van der Waals surface area contributed by atoms with E-state index >= 15 is 0 Å². The quantitative estimate of drug-likeness (QED) is 0.865. The molecule has 1 unspecified atom stereocenters. The molecule has 0 aliphatic carbocycles. The molecule has 0 fully saturated rings. The minimum absolute atomic E-state index is 0.153. The average Bonchev–Trinajstić information content (AvgIpc) is 2.67. The Morgan fingerprint density at radius 1 is 1.61 bits per heavy atom. The number of fused-ring (bicyclic) bond motifs is 1. The Balaban J connectivity index is 2.14. The Bertz CT molecular complexity index is 445. The summed E-state index contributed by atoms with van der Waals surface area (Å²) in [4.78, 5) is 11.7. The van der Waals surface area contributed by atoms with E-state index in [1.807, 2.05) is 11.6 Å². The SMILES string of the molecule is CCCc1nn2c(c1Br)NCC(C(=O)OCC)C2. The lowest BCUT2D eigenvalue weighted by molar-refractivity contribution is -0.148. The van der Waals surface area contributed by atoms with E-state index < -0.39 is 0 Å². The molecule has 1 aliphatic heterocycles. The fraction of sp³-hybridized carbons (Fsp3) is 0.667. The van der Waals surface area contributed by atoms with Gasteiger partial charge in [-0.05, 0) is 29.3 Å². The lowest BCUT2D eigenvalue weighted by Crippen LogP contribution is -2.34. The van der Waals surface area contributed by atoms with Crippen LogP contribution in [0.4, 0.5) is 5.82 Å². The highest BCUT2D eigenvalue weighted by atomic mass is 79.9. The molecule has 5 nitrogen and oxygen atoms in total. The van der Waals surface area contributed by atoms with Crippen LogP contribution < -0.4 is 5.32 Å². The molecule has 2 heterocycles. The highest BCUT2D eigenvalue weighted by molar-refractivity contribution is 9.10. The molecule has 18 heavy (non-hydrogen) atoms. The van der Waals surface area contributed by atoms with Crippen molar-refractivity contribution in [3.63, 3.8) is 0 Å². The predicted octanol–water partition coefficient (Wildman–Crippen LogP) is 2.20. The van der Waals surface area contributed by atoms with Crippen molar-refractivity contribution in [2.45, 2.75) is 33.2 Å². The van der Waals surface area contributed by atoms with Crippen molar-refractivity contribution in [1.29, 1.82) is 0 Å². The van der Waals surface area contributed by atoms with Gasteiger partial charge in [0, 0.05) is 6.54 Å². The first-order valence-corrected chi connectivity index (χ1v) is 7.12. The molecule has 0 amide bonds. The van der Waals surface area contributed by atoms with Gasteiger partial charge in [0.2, 0.25) is 0 Å². The maximum atomic E-state index is 11.7. The molecule has 0 aromatic carbocycles. The topological polar surface area (TPSA) is 56.2 Å². The molecule has 0 bridgehead atoms. The van der Waals surface area contributed by atoms with Crippen molar-refractivity contribution in [3.05, 3.63) is 10.2 Å². The van der Waals surface area contributed by atoms with E-state index in [0.717, 1.165) is 28.8 Å². The molecule has 0 spiro atoms. The Kier molecular flexibility index (Phi) is 4.27. The lowest BCUT2D eigenvalue weighted by Gasteiger charge is -2.23. The Morgan fingerprint density at radius 3 is 3.06 bits per heavy atom. The molecule has 0 radical (unpaired) electrons. The maximum Gasteiger partial charge on any atom is 0.312 e. The summed E-state index contributed by atoms with van der Waals surface area (Å²) < 4.78 is 7.93. The Labute approximate surface area is 115 Å². The minimum Gasteiger partial charge on any atom is -0.466 e. The number of hydrogen-bond acceptors (Lipinski definition) is 4. The van der Waals surface area contributed by atoms with Gasteiger partial charge in [0.25, 0.3) is 0 Å². The number of hydrogen-bond donors (Lipinski definition) is 1. The molecule has 1 N–H and O–H groups in total. The summed E-state index contributed by atoms with van der Waals surface area (Å²) in [6.07, 6.45) is 1.99. The van der Waals surface area contributed by atoms with E-state index in [4.69, 9.17) is 4.74 Å². The molecule has 100 valence electrons. The number of anilines is 1. The number of nitrogens with zero attached hydrogens (tertiary/aromatic N) is 2. The summed E-state index contributed by atoms with van der Waals surface area (Å²) in [6, 6.07) is 0. The first kappa shape index (κ1) is 13.4. The maximum absolute atomic E-state index is 11.7. The van der Waals surface area contributed by atoms with E-state index in [9.17, 15) is 4.79 Å². The zero-order valence-electron chi connectivity index (χ0n) is 10.7. The third-order valence-electron chi connectivity index (χ3n) is 2.98. The lowest BCUT2D eigenvalue weighted by atomic mass is 10.1. The van der Waals surface area contributed by atoms with Gasteiger partial charge in [0.1, 0.15) is 5.82 Å². The fourth-order valence-electron chi connectivity index (χ4n) is 2.10. The summed E-state index contributed by atoms with van der Waals surface area (Å²) in [7, 11) is 0. The van der Waals surface area contributed by atoms with E-state index in [-0.39, 0.29) is 11.9 Å². The normalized spacial score (nSPS) is 18.1. The highest BCUT2D eigenvalue weighted by Gasteiger charge is 2.28. The molecule has 1 aromatic heterocycles. The molecule has 1 aliphatic rings. The van der Waals surface area contributed by atoms with Crippen molar-refractivity contribution < 1.29 is 9.53 Å². The number of esters is 1. The molecular weight excluding hydrogens is 298 g/mol. The van der Waals surface area contributed by atoms with Crippen LogP contribution in [0, 0.1) is 5.92 Å². The third-order valence-corrected chi connectivity index (χ3v) is 3.81. The summed E-state index contributed by atoms with van der Waals surface area (Å²) in [5.41, 5.74) is 1.05. The van der Waals surface area contributed by atoms with Gasteiger partial charge in [-0.3, -0.25) is 4.79 Å². The summed E-state index contributed by atoms with van der Waals surface area (Å²) in [5.74, 6) is 0.664. The third kappa shape index (κ3) is 2.53. The van der Waals surface area contributed by atoms with Crippen LogP contribution in [0.5, 0.6) is 0 Å². The number of aryl methyl sites for hydroxylation is 1. The van der Waals surface area contributed by atoms with Gasteiger partial charge in [0.15, 0.2) is 0 Å². The number of nitrogens with one attached hydrogen (secondary N) is 1. The summed E-state index contributed by atoms with van der Waals surface area (Å²) in [5, 5.41) is 7.78. The van der Waals surface area contributed by atoms with Gasteiger partial charge >= 0.3 is 5.97 Å². The first-order chi connectivity index (χ1) is 8.67. The van der Waals surface area contributed by atoms with Crippen LogP contribution in [0.3, 0.4) is 0 Å². The molecule has 2 rings (SSSR count). The van der Waals surface area contributed by atoms with Crippen LogP contribution in [-0.2, 0) is 22.5 Å². The largest absolute Gasteiger partial charge is 0.466 e. The van der Waals surface area contributed by atoms with Gasteiger partial charge in [-0.15, -0.1) is 0 Å². The van der Waals surface area contributed by atoms with Crippen LogP contribution in [0.15, 0.2) is 4.47 Å². The van der Waals surface area contributed by atoms with Gasteiger partial charge in [0.05, 0.1) is 29.2 Å². The highest BCUT2D eigenvalue weighted by Crippen LogP contribution is 2.30. The zero-order chi connectivity index (χ0) is 13.1. The molecular formula is C12H18BrN3O2. The fourth-order valence-corrected chi connectivity index (χ4v) is 2.72. The van der Waals surface area contributed by atoms with E-state index in [1.165, 1.54) is 0 Å². The minimum atomic E-state index is -0.154. The van der Waals surface area contributed by atoms with Crippen molar-refractivity contribution >= 4 is 27.7 Å². The molecule has 6 heteroatoms. The van der Waals surface area contributed by atoms with Crippen molar-refractivity contribution in [2.24, 2.45) is 5.92 Å². The first-order valence-electron chi connectivity index (χ1n) is 6.33. The van der Waals surface area contributed by atoms with Crippen LogP contribution in [0.1, 0.15) is 26.0 Å². The molecule has 1 atom stereocenters. The van der Waals surface area contributed by atoms with E-state index in [2.05, 4.69) is 33.3 Å². The summed E-state index contributed by atoms with van der Waals surface area (Å²) >= 11 is 3.56. The summed E-state index contributed by atoms with van der Waals surface area (Å²) in [6.45, 7) is 5.56. The monoisotopic (exact) mass is 315 g/mol. The molecule has 1 aromatic rings. The second-order valence-corrected chi connectivity index (χ2v) is 5.16. The second kappa shape index (κ2) is 5.73. The number of rotatable bonds is 4. The van der Waals surface area contributed by atoms with Gasteiger partial charge in [-0.25, -0.2) is 4.68 Å². The van der Waals surface area contributed by atoms with Gasteiger partial charge in [-0.2, -0.15) is 5.10 Å². The standard InChI is InChI=1S/C12H18BrN3O2/c1-3-5-9-10(13)11-14-6-8(7-16(11)15-9)12(17)18-4-2/h8,14H,3-7H2,1-2H3. The van der Waals surface area contributed by atoms with Crippen LogP contribution in [0.2, 0.25) is 0 Å². The molecule has 0 saturated heterocycles. The van der Waals surface area contributed by atoms with Crippen LogP contribution >= 0.6 is 15.9 Å². The smallest absolute Gasteiger partial charge is 0.312 e.